The van der Waals surface area contributed by atoms with Crippen molar-refractivity contribution < 1.29 is 13.9 Å². The van der Waals surface area contributed by atoms with E-state index in [2.05, 4.69) is 20.9 Å². The maximum absolute atomic E-state index is 13.4. The topological polar surface area (TPSA) is 59.1 Å². The normalized spacial score (nSPS) is 12.5. The van der Waals surface area contributed by atoms with Crippen LogP contribution in [0.1, 0.15) is 17.2 Å². The molecule has 0 saturated heterocycles. The van der Waals surface area contributed by atoms with Gasteiger partial charge in [-0.3, -0.25) is 0 Å². The molecule has 1 aromatic carbocycles. The van der Waals surface area contributed by atoms with E-state index >= 15 is 0 Å². The van der Waals surface area contributed by atoms with Crippen molar-refractivity contribution in [1.82, 2.24) is 4.98 Å². The maximum atomic E-state index is 13.4. The van der Waals surface area contributed by atoms with E-state index in [1.807, 2.05) is 0 Å². The van der Waals surface area contributed by atoms with Gasteiger partial charge in [-0.25, -0.2) is 13.8 Å². The fourth-order valence-electron chi connectivity index (χ4n) is 1.60. The summed E-state index contributed by atoms with van der Waals surface area (Å²) in [6, 6.07) is 3.60. The molecule has 0 radical (unpaired) electrons. The minimum absolute atomic E-state index is 0.0635. The lowest BCUT2D eigenvalue weighted by Crippen LogP contribution is -2.07. The zero-order chi connectivity index (χ0) is 14.2. The van der Waals surface area contributed by atoms with E-state index in [1.54, 1.807) is 0 Å². The molecule has 0 aliphatic carbocycles. The molecule has 0 fully saturated rings. The SMILES string of the molecule is Nc1ncc(Cl)cc1C(O)c1ccc(F)c(F)c1Br. The smallest absolute Gasteiger partial charge is 0.173 e. The molecule has 7 heteroatoms. The molecule has 0 aliphatic rings. The minimum Gasteiger partial charge on any atom is -0.383 e. The van der Waals surface area contributed by atoms with Crippen molar-refractivity contribution in [2.75, 3.05) is 5.73 Å². The molecule has 3 N–H and O–H groups in total. The number of anilines is 1. The number of aromatic nitrogens is 1. The van der Waals surface area contributed by atoms with Crippen molar-refractivity contribution in [2.24, 2.45) is 0 Å². The van der Waals surface area contributed by atoms with Gasteiger partial charge < -0.3 is 10.8 Å². The van der Waals surface area contributed by atoms with Gasteiger partial charge in [0.05, 0.1) is 9.50 Å². The van der Waals surface area contributed by atoms with E-state index in [-0.39, 0.29) is 26.4 Å². The lowest BCUT2D eigenvalue weighted by Gasteiger charge is -2.15. The Balaban J connectivity index is 2.53. The van der Waals surface area contributed by atoms with Crippen molar-refractivity contribution in [3.63, 3.8) is 0 Å². The number of nitrogen functional groups attached to an aromatic ring is 1. The molecule has 1 unspecified atom stereocenters. The summed E-state index contributed by atoms with van der Waals surface area (Å²) < 4.78 is 26.3. The Morgan fingerprint density at radius 1 is 1.32 bits per heavy atom. The number of nitrogens with two attached hydrogens (primary N) is 1. The highest BCUT2D eigenvalue weighted by Gasteiger charge is 2.21. The summed E-state index contributed by atoms with van der Waals surface area (Å²) in [5.41, 5.74) is 5.99. The predicted molar refractivity (Wildman–Crippen MR) is 71.8 cm³/mol. The molecule has 1 heterocycles. The van der Waals surface area contributed by atoms with E-state index in [9.17, 15) is 13.9 Å². The molecule has 0 bridgehead atoms. The number of benzene rings is 1. The van der Waals surface area contributed by atoms with E-state index < -0.39 is 17.7 Å². The Labute approximate surface area is 121 Å². The van der Waals surface area contributed by atoms with Gasteiger partial charge in [-0.15, -0.1) is 0 Å². The zero-order valence-electron chi connectivity index (χ0n) is 9.37. The molecule has 2 rings (SSSR count). The lowest BCUT2D eigenvalue weighted by atomic mass is 10.0. The Morgan fingerprint density at radius 3 is 2.68 bits per heavy atom. The second-order valence-corrected chi connectivity index (χ2v) is 5.02. The third-order valence-corrected chi connectivity index (χ3v) is 3.58. The molecule has 19 heavy (non-hydrogen) atoms. The number of rotatable bonds is 2. The molecular formula is C12H8BrClF2N2O. The number of hydrogen-bond acceptors (Lipinski definition) is 3. The van der Waals surface area contributed by atoms with Crippen LogP contribution in [0.2, 0.25) is 5.02 Å². The second kappa shape index (κ2) is 5.40. The molecule has 0 spiro atoms. The van der Waals surface area contributed by atoms with Crippen molar-refractivity contribution in [3.05, 3.63) is 56.7 Å². The molecule has 1 aromatic heterocycles. The van der Waals surface area contributed by atoms with Crippen molar-refractivity contribution in [1.29, 1.82) is 0 Å². The van der Waals surface area contributed by atoms with Crippen molar-refractivity contribution in [2.45, 2.75) is 6.10 Å². The second-order valence-electron chi connectivity index (χ2n) is 3.80. The van der Waals surface area contributed by atoms with Gasteiger partial charge in [0.2, 0.25) is 0 Å². The molecule has 1 atom stereocenters. The molecule has 3 nitrogen and oxygen atoms in total. The van der Waals surface area contributed by atoms with E-state index in [4.69, 9.17) is 17.3 Å². The zero-order valence-corrected chi connectivity index (χ0v) is 11.7. The van der Waals surface area contributed by atoms with Crippen LogP contribution >= 0.6 is 27.5 Å². The summed E-state index contributed by atoms with van der Waals surface area (Å²) in [5.74, 6) is -2.03. The van der Waals surface area contributed by atoms with Crippen LogP contribution in [0.4, 0.5) is 14.6 Å². The first-order valence-corrected chi connectivity index (χ1v) is 6.31. The summed E-state index contributed by atoms with van der Waals surface area (Å²) >= 11 is 8.67. The van der Waals surface area contributed by atoms with Crippen LogP contribution in [0, 0.1) is 11.6 Å². The third-order valence-electron chi connectivity index (χ3n) is 2.57. The molecular weight excluding hydrogens is 341 g/mol. The van der Waals surface area contributed by atoms with Crippen LogP contribution in [0.25, 0.3) is 0 Å². The van der Waals surface area contributed by atoms with Gasteiger partial charge in [0, 0.05) is 17.3 Å². The molecule has 100 valence electrons. The summed E-state index contributed by atoms with van der Waals surface area (Å²) in [5, 5.41) is 10.5. The van der Waals surface area contributed by atoms with Gasteiger partial charge in [-0.1, -0.05) is 17.7 Å². The quantitative estimate of drug-likeness (QED) is 0.817. The van der Waals surface area contributed by atoms with Crippen LogP contribution in [0.3, 0.4) is 0 Å². The van der Waals surface area contributed by atoms with Gasteiger partial charge in [0.1, 0.15) is 11.9 Å². The maximum Gasteiger partial charge on any atom is 0.173 e. The Bertz CT molecular complexity index is 639. The third kappa shape index (κ3) is 2.70. The highest BCUT2D eigenvalue weighted by molar-refractivity contribution is 9.10. The minimum atomic E-state index is -1.27. The Hall–Kier alpha value is -1.24. The number of aliphatic hydroxyl groups is 1. The van der Waals surface area contributed by atoms with E-state index in [1.165, 1.54) is 18.3 Å². The number of nitrogens with zero attached hydrogens (tertiary/aromatic N) is 1. The number of aliphatic hydroxyl groups excluding tert-OH is 1. The largest absolute Gasteiger partial charge is 0.383 e. The van der Waals surface area contributed by atoms with Crippen molar-refractivity contribution in [3.8, 4) is 0 Å². The van der Waals surface area contributed by atoms with Crippen LogP contribution in [-0.2, 0) is 0 Å². The van der Waals surface area contributed by atoms with Gasteiger partial charge in [0.25, 0.3) is 0 Å². The van der Waals surface area contributed by atoms with Gasteiger partial charge >= 0.3 is 0 Å². The number of pyridine rings is 1. The number of halogens is 4. The van der Waals surface area contributed by atoms with Crippen LogP contribution < -0.4 is 5.73 Å². The highest BCUT2D eigenvalue weighted by Crippen LogP contribution is 2.34. The van der Waals surface area contributed by atoms with Crippen LogP contribution in [-0.4, -0.2) is 10.1 Å². The Morgan fingerprint density at radius 2 is 2.00 bits per heavy atom. The van der Waals surface area contributed by atoms with Gasteiger partial charge in [0.15, 0.2) is 11.6 Å². The van der Waals surface area contributed by atoms with Crippen LogP contribution in [0.5, 0.6) is 0 Å². The molecule has 2 aromatic rings. The molecule has 0 amide bonds. The van der Waals surface area contributed by atoms with Crippen LogP contribution in [0.15, 0.2) is 28.9 Å². The van der Waals surface area contributed by atoms with E-state index in [0.29, 0.717) is 0 Å². The fraction of sp³-hybridized carbons (Fsp3) is 0.0833. The summed E-state index contributed by atoms with van der Waals surface area (Å²) in [7, 11) is 0. The highest BCUT2D eigenvalue weighted by atomic mass is 79.9. The van der Waals surface area contributed by atoms with Crippen molar-refractivity contribution >= 4 is 33.3 Å². The average molecular weight is 350 g/mol. The summed E-state index contributed by atoms with van der Waals surface area (Å²) in [6.45, 7) is 0. The van der Waals surface area contributed by atoms with Gasteiger partial charge in [-0.05, 0) is 28.1 Å². The monoisotopic (exact) mass is 348 g/mol. The fourth-order valence-corrected chi connectivity index (χ4v) is 2.31. The summed E-state index contributed by atoms with van der Waals surface area (Å²) in [6.07, 6.45) is 0.0589. The first-order valence-electron chi connectivity index (χ1n) is 5.14. The number of hydrogen-bond donors (Lipinski definition) is 2. The molecule has 0 saturated carbocycles. The predicted octanol–water partition coefficient (Wildman–Crippen LogP) is 3.44. The van der Waals surface area contributed by atoms with E-state index in [0.717, 1.165) is 6.07 Å². The summed E-state index contributed by atoms with van der Waals surface area (Å²) in [4.78, 5) is 3.80. The lowest BCUT2D eigenvalue weighted by molar-refractivity contribution is 0.219. The standard InChI is InChI=1S/C12H8BrClF2N2O/c13-9-6(1-2-8(15)10(9)16)11(19)7-3-5(14)4-18-12(7)17/h1-4,11,19H,(H2,17,18). The van der Waals surface area contributed by atoms with Gasteiger partial charge in [-0.2, -0.15) is 0 Å². The average Bonchev–Trinajstić information content (AvgIpc) is 2.38. The molecule has 0 aliphatic heterocycles. The first-order chi connectivity index (χ1) is 8.91. The first kappa shape index (κ1) is 14.2. The Kier molecular flexibility index (Phi) is 4.03.